The van der Waals surface area contributed by atoms with Gasteiger partial charge >= 0.3 is 5.97 Å². The first kappa shape index (κ1) is 15.9. The third kappa shape index (κ3) is 3.59. The predicted octanol–water partition coefficient (Wildman–Crippen LogP) is 3.35. The summed E-state index contributed by atoms with van der Waals surface area (Å²) in [6.07, 6.45) is 0. The van der Waals surface area contributed by atoms with Crippen LogP contribution in [0, 0.1) is 0 Å². The van der Waals surface area contributed by atoms with Gasteiger partial charge in [-0.15, -0.1) is 0 Å². The van der Waals surface area contributed by atoms with Crippen molar-refractivity contribution in [2.45, 2.75) is 5.25 Å². The summed E-state index contributed by atoms with van der Waals surface area (Å²) in [6.45, 7) is 0. The molecular weight excluding hydrogens is 332 g/mol. The number of benzene rings is 2. The Labute approximate surface area is 131 Å². The molecule has 0 amide bonds. The Kier molecular flexibility index (Phi) is 4.63. The summed E-state index contributed by atoms with van der Waals surface area (Å²) in [4.78, 5) is 11.1. The molecule has 0 heterocycles. The summed E-state index contributed by atoms with van der Waals surface area (Å²) >= 11 is 10.5. The minimum absolute atomic E-state index is 0.181. The fourth-order valence-corrected chi connectivity index (χ4v) is 3.56. The van der Waals surface area contributed by atoms with Crippen LogP contribution in [0.25, 0.3) is 11.1 Å². The van der Waals surface area contributed by atoms with Crippen LogP contribution in [0.2, 0.25) is 5.02 Å². The molecule has 0 radical (unpaired) electrons. The minimum atomic E-state index is -3.90. The van der Waals surface area contributed by atoms with Gasteiger partial charge in [0.05, 0.1) is 0 Å². The van der Waals surface area contributed by atoms with Crippen molar-refractivity contribution in [2.75, 3.05) is 0 Å². The Morgan fingerprint density at radius 1 is 1.14 bits per heavy atom. The fraction of sp³-hybridized carbons (Fsp3) is 0.0714. The zero-order chi connectivity index (χ0) is 15.6. The highest BCUT2D eigenvalue weighted by Gasteiger charge is 2.29. The van der Waals surface area contributed by atoms with Gasteiger partial charge in [-0.3, -0.25) is 4.79 Å². The number of aliphatic carboxylic acids is 1. The number of hydrogen-bond donors (Lipinski definition) is 2. The molecule has 2 aromatic rings. The van der Waals surface area contributed by atoms with Crippen molar-refractivity contribution in [2.24, 2.45) is 0 Å². The average Bonchev–Trinajstić information content (AvgIpc) is 2.38. The van der Waals surface area contributed by atoms with Crippen LogP contribution < -0.4 is 0 Å². The number of carbonyl (C=O) groups is 1. The largest absolute Gasteiger partial charge is 0.480 e. The van der Waals surface area contributed by atoms with Gasteiger partial charge in [-0.2, -0.15) is 0 Å². The molecular formula is C14H11ClO4S2. The van der Waals surface area contributed by atoms with Gasteiger partial charge in [0.1, 0.15) is 0 Å². The quantitative estimate of drug-likeness (QED) is 0.891. The second kappa shape index (κ2) is 6.11. The first-order valence-electron chi connectivity index (χ1n) is 5.84. The van der Waals surface area contributed by atoms with Gasteiger partial charge in [-0.25, -0.2) is 4.21 Å². The van der Waals surface area contributed by atoms with Crippen LogP contribution in [0.5, 0.6) is 0 Å². The third-order valence-electron chi connectivity index (χ3n) is 2.92. The van der Waals surface area contributed by atoms with E-state index in [0.29, 0.717) is 5.02 Å². The fourth-order valence-electron chi connectivity index (χ4n) is 1.97. The molecule has 21 heavy (non-hydrogen) atoms. The van der Waals surface area contributed by atoms with Crippen LogP contribution in [0.3, 0.4) is 0 Å². The van der Waals surface area contributed by atoms with Crippen molar-refractivity contribution < 1.29 is 18.7 Å². The van der Waals surface area contributed by atoms with E-state index in [4.69, 9.17) is 16.7 Å². The monoisotopic (exact) mass is 342 g/mol. The summed E-state index contributed by atoms with van der Waals surface area (Å²) in [5.41, 5.74) is 1.75. The SMILES string of the molecule is O=C(O)C(c1ccc(-c2ccccc2Cl)cc1)S(=O)(O)=S. The maximum Gasteiger partial charge on any atom is 0.326 e. The maximum atomic E-state index is 11.5. The van der Waals surface area contributed by atoms with Crippen LogP contribution >= 0.6 is 11.6 Å². The van der Waals surface area contributed by atoms with Crippen LogP contribution in [-0.2, 0) is 24.8 Å². The molecule has 0 saturated heterocycles. The molecule has 2 atom stereocenters. The molecule has 2 N–H and O–H groups in total. The van der Waals surface area contributed by atoms with Gasteiger partial charge in [0.15, 0.2) is 14.0 Å². The summed E-state index contributed by atoms with van der Waals surface area (Å²) in [6, 6.07) is 13.4. The average molecular weight is 343 g/mol. The Morgan fingerprint density at radius 2 is 1.71 bits per heavy atom. The maximum absolute atomic E-state index is 11.5. The molecule has 0 aliphatic rings. The molecule has 110 valence electrons. The van der Waals surface area contributed by atoms with Gasteiger partial charge in [0.25, 0.3) is 0 Å². The summed E-state index contributed by atoms with van der Waals surface area (Å²) in [7, 11) is -3.90. The predicted molar refractivity (Wildman–Crippen MR) is 85.4 cm³/mol. The van der Waals surface area contributed by atoms with E-state index in [2.05, 4.69) is 11.2 Å². The number of carboxylic acid groups (broad SMARTS) is 1. The van der Waals surface area contributed by atoms with Crippen molar-refractivity contribution in [3.63, 3.8) is 0 Å². The van der Waals surface area contributed by atoms with E-state index in [1.807, 2.05) is 12.1 Å². The molecule has 0 spiro atoms. The molecule has 7 heteroatoms. The Morgan fingerprint density at radius 3 is 2.19 bits per heavy atom. The van der Waals surface area contributed by atoms with Crippen molar-refractivity contribution in [1.29, 1.82) is 0 Å². The van der Waals surface area contributed by atoms with Crippen LogP contribution in [-0.4, -0.2) is 19.8 Å². The molecule has 0 saturated carbocycles. The first-order chi connectivity index (χ1) is 9.80. The molecule has 2 aromatic carbocycles. The van der Waals surface area contributed by atoms with Gasteiger partial charge in [0, 0.05) is 21.8 Å². The van der Waals surface area contributed by atoms with Crippen molar-refractivity contribution >= 4 is 37.5 Å². The zero-order valence-corrected chi connectivity index (χ0v) is 13.0. The lowest BCUT2D eigenvalue weighted by Gasteiger charge is -2.12. The first-order valence-corrected chi connectivity index (χ1v) is 8.73. The molecule has 0 aliphatic heterocycles. The lowest BCUT2D eigenvalue weighted by Crippen LogP contribution is -2.20. The Hall–Kier alpha value is -1.47. The molecule has 0 aliphatic carbocycles. The Balaban J connectivity index is 2.44. The number of halogens is 1. The second-order valence-electron chi connectivity index (χ2n) is 4.34. The van der Waals surface area contributed by atoms with Crippen molar-refractivity contribution in [1.82, 2.24) is 0 Å². The number of rotatable bonds is 4. The van der Waals surface area contributed by atoms with E-state index in [1.165, 1.54) is 12.1 Å². The van der Waals surface area contributed by atoms with Crippen LogP contribution in [0.4, 0.5) is 0 Å². The lowest BCUT2D eigenvalue weighted by molar-refractivity contribution is -0.136. The van der Waals surface area contributed by atoms with Gasteiger partial charge in [0.2, 0.25) is 0 Å². The molecule has 2 unspecified atom stereocenters. The molecule has 0 fully saturated rings. The molecule has 4 nitrogen and oxygen atoms in total. The Bertz CT molecular complexity index is 770. The van der Waals surface area contributed by atoms with E-state index in [0.717, 1.165) is 11.1 Å². The lowest BCUT2D eigenvalue weighted by atomic mass is 10.0. The second-order valence-corrected chi connectivity index (χ2v) is 7.68. The molecule has 0 bridgehead atoms. The highest BCUT2D eigenvalue weighted by atomic mass is 35.5. The van der Waals surface area contributed by atoms with E-state index in [1.54, 1.807) is 24.3 Å². The highest BCUT2D eigenvalue weighted by molar-refractivity contribution is 8.30. The summed E-state index contributed by atoms with van der Waals surface area (Å²) in [5.74, 6) is -1.43. The molecule has 2 rings (SSSR count). The zero-order valence-electron chi connectivity index (χ0n) is 10.6. The van der Waals surface area contributed by atoms with Gasteiger partial charge < -0.3 is 9.66 Å². The van der Waals surface area contributed by atoms with Crippen LogP contribution in [0.15, 0.2) is 48.5 Å². The normalized spacial score (nSPS) is 15.1. The van der Waals surface area contributed by atoms with E-state index in [-0.39, 0.29) is 5.56 Å². The highest BCUT2D eigenvalue weighted by Crippen LogP contribution is 2.30. The van der Waals surface area contributed by atoms with Gasteiger partial charge in [-0.05, 0) is 17.2 Å². The minimum Gasteiger partial charge on any atom is -0.480 e. The van der Waals surface area contributed by atoms with E-state index in [9.17, 15) is 13.6 Å². The van der Waals surface area contributed by atoms with Gasteiger partial charge in [-0.1, -0.05) is 54.1 Å². The van der Waals surface area contributed by atoms with Crippen molar-refractivity contribution in [3.8, 4) is 11.1 Å². The smallest absolute Gasteiger partial charge is 0.326 e. The summed E-state index contributed by atoms with van der Waals surface area (Å²) < 4.78 is 20.9. The topological polar surface area (TPSA) is 74.6 Å². The number of hydrogen-bond acceptors (Lipinski definition) is 3. The number of carboxylic acids is 1. The van der Waals surface area contributed by atoms with Crippen molar-refractivity contribution in [3.05, 3.63) is 59.1 Å². The van der Waals surface area contributed by atoms with E-state index >= 15 is 0 Å². The van der Waals surface area contributed by atoms with Crippen LogP contribution in [0.1, 0.15) is 10.8 Å². The van der Waals surface area contributed by atoms with E-state index < -0.39 is 20.0 Å². The standard InChI is InChI=1S/C14H11ClO4S2/c15-12-4-2-1-3-11(12)9-5-7-10(8-6-9)13(14(16)17)21(18,19)20/h1-8,13H,(H,16,17)(H,18,19,20). The third-order valence-corrected chi connectivity index (χ3v) is 4.90. The summed E-state index contributed by atoms with van der Waals surface area (Å²) in [5, 5.41) is 8.00. The molecule has 0 aromatic heterocycles.